The zero-order valence-corrected chi connectivity index (χ0v) is 38.2. The smallest absolute Gasteiger partial charge is 0.408 e. The molecule has 6 N–H and O–H groups in total. The topological polar surface area (TPSA) is 231 Å². The van der Waals surface area contributed by atoms with Crippen LogP contribution in [0.25, 0.3) is 16.5 Å². The molecule has 3 unspecified atom stereocenters. The fraction of sp³-hybridized carbons (Fsp3) is 0.469. The largest absolute Gasteiger partial charge is 0.458 e. The lowest BCUT2D eigenvalue weighted by molar-refractivity contribution is -0.163. The van der Waals surface area contributed by atoms with Gasteiger partial charge in [-0.2, -0.15) is 0 Å². The second kappa shape index (κ2) is 19.2. The van der Waals surface area contributed by atoms with Crippen molar-refractivity contribution in [3.63, 3.8) is 0 Å². The molecule has 0 radical (unpaired) electrons. The van der Waals surface area contributed by atoms with Crippen LogP contribution in [0.1, 0.15) is 119 Å². The van der Waals surface area contributed by atoms with Gasteiger partial charge in [-0.1, -0.05) is 39.8 Å². The summed E-state index contributed by atoms with van der Waals surface area (Å²) in [5.41, 5.74) is 3.43. The number of aliphatic hydroxyl groups is 1. The van der Waals surface area contributed by atoms with Gasteiger partial charge >= 0.3 is 12.1 Å². The van der Waals surface area contributed by atoms with Crippen LogP contribution in [0.5, 0.6) is 0 Å². The third-order valence-electron chi connectivity index (χ3n) is 13.2. The van der Waals surface area contributed by atoms with Crippen molar-refractivity contribution >= 4 is 63.6 Å². The number of aryl methyl sites for hydroxylation is 1. The van der Waals surface area contributed by atoms with Gasteiger partial charge in [0.05, 0.1) is 23.8 Å². The van der Waals surface area contributed by atoms with E-state index >= 15 is 4.39 Å². The fourth-order valence-corrected chi connectivity index (χ4v) is 9.43. The van der Waals surface area contributed by atoms with E-state index in [0.717, 1.165) is 5.56 Å². The molecule has 1 aromatic heterocycles. The van der Waals surface area contributed by atoms with E-state index in [1.54, 1.807) is 65.0 Å². The summed E-state index contributed by atoms with van der Waals surface area (Å²) in [5.74, 6) is -3.95. The predicted octanol–water partition coefficient (Wildman–Crippen LogP) is 5.18. The van der Waals surface area contributed by atoms with Crippen molar-refractivity contribution < 1.29 is 52.5 Å². The maximum atomic E-state index is 15.6. The Balaban J connectivity index is 1.17. The number of nitrogens with zero attached hydrogens (tertiary/aromatic N) is 1. The number of Topliss-reactive ketones (excluding diaryl/α,β-unsaturated/α-hetero) is 1. The number of anilines is 1. The van der Waals surface area contributed by atoms with Crippen LogP contribution in [0, 0.1) is 24.6 Å². The fourth-order valence-electron chi connectivity index (χ4n) is 9.43. The number of hydrogen-bond donors (Lipinski definition) is 6. The zero-order valence-electron chi connectivity index (χ0n) is 38.2. The van der Waals surface area contributed by atoms with Crippen LogP contribution in [0.2, 0.25) is 0 Å². The summed E-state index contributed by atoms with van der Waals surface area (Å²) in [6.45, 7) is 11.1. The maximum absolute atomic E-state index is 15.6. The van der Waals surface area contributed by atoms with Crippen molar-refractivity contribution in [3.05, 3.63) is 86.9 Å². The van der Waals surface area contributed by atoms with Gasteiger partial charge in [0, 0.05) is 47.5 Å². The SMILES string of the molecule is CCC(=O)NC[C@@H](OC(=O)N[C@H]1CCc2c(C)c(F)cc3nc4c(c1c23)CC1CC/C4=C\C2=C(COC(=O)C2(O)CC)C1=O)c1ccc(NC(=O)[C@H](C)NC(=O)C(NC(C)=O)C(C)C)cc1. The number of hydrogen-bond acceptors (Lipinski definition) is 11. The van der Waals surface area contributed by atoms with Gasteiger partial charge in [-0.05, 0) is 110 Å². The molecule has 0 saturated carbocycles. The van der Waals surface area contributed by atoms with Crippen molar-refractivity contribution in [2.45, 2.75) is 123 Å². The van der Waals surface area contributed by atoms with Crippen molar-refractivity contribution in [1.82, 2.24) is 26.3 Å². The third kappa shape index (κ3) is 9.30. The molecule has 0 spiro atoms. The number of carbonyl (C=O) groups excluding carboxylic acids is 7. The van der Waals surface area contributed by atoms with Gasteiger partial charge in [-0.3, -0.25) is 24.0 Å². The third-order valence-corrected chi connectivity index (χ3v) is 13.2. The number of esters is 1. The average molecular weight is 909 g/mol. The second-order valence-corrected chi connectivity index (χ2v) is 17.9. The van der Waals surface area contributed by atoms with Gasteiger partial charge in [0.2, 0.25) is 23.6 Å². The van der Waals surface area contributed by atoms with Crippen LogP contribution < -0.4 is 26.6 Å². The number of nitrogens with one attached hydrogen (secondary N) is 5. The first-order valence-electron chi connectivity index (χ1n) is 22.6. The molecule has 17 heteroatoms. The first-order valence-corrected chi connectivity index (χ1v) is 22.6. The summed E-state index contributed by atoms with van der Waals surface area (Å²) in [5, 5.41) is 26.2. The van der Waals surface area contributed by atoms with Gasteiger partial charge in [-0.15, -0.1) is 0 Å². The van der Waals surface area contributed by atoms with Gasteiger partial charge in [0.15, 0.2) is 11.4 Å². The molecule has 0 saturated heterocycles. The molecule has 2 aromatic carbocycles. The number of rotatable bonds is 13. The molecule has 1 aliphatic heterocycles. The maximum Gasteiger partial charge on any atom is 0.408 e. The molecule has 350 valence electrons. The summed E-state index contributed by atoms with van der Waals surface area (Å²) < 4.78 is 27.0. The van der Waals surface area contributed by atoms with Gasteiger partial charge < -0.3 is 41.2 Å². The number of benzene rings is 2. The van der Waals surface area contributed by atoms with E-state index in [0.29, 0.717) is 75.8 Å². The number of halogens is 1. The van der Waals surface area contributed by atoms with E-state index < -0.39 is 65.4 Å². The number of pyridine rings is 1. The molecule has 4 aliphatic rings. The summed E-state index contributed by atoms with van der Waals surface area (Å²) >= 11 is 0. The highest BCUT2D eigenvalue weighted by atomic mass is 19.1. The molecular weight excluding hydrogens is 852 g/mol. The number of cyclic esters (lactones) is 1. The number of aromatic nitrogens is 1. The number of ketones is 1. The minimum atomic E-state index is -2.04. The van der Waals surface area contributed by atoms with Crippen molar-refractivity contribution in [2.24, 2.45) is 11.8 Å². The highest BCUT2D eigenvalue weighted by molar-refractivity contribution is 6.05. The minimum absolute atomic E-state index is 0.0242. The first-order chi connectivity index (χ1) is 31.3. The van der Waals surface area contributed by atoms with Crippen LogP contribution in [0.4, 0.5) is 14.9 Å². The Hall–Kier alpha value is -6.49. The number of allylic oxidation sites excluding steroid dienone is 1. The quantitative estimate of drug-likeness (QED) is 0.122. The molecule has 0 fully saturated rings. The number of fused-ring (bicyclic) bond motifs is 6. The van der Waals surface area contributed by atoms with Gasteiger partial charge in [-0.25, -0.2) is 19.0 Å². The number of carbonyl (C=O) groups is 7. The Bertz CT molecular complexity index is 2590. The molecule has 5 amide bonds. The van der Waals surface area contributed by atoms with Crippen LogP contribution in [-0.4, -0.2) is 82.4 Å². The summed E-state index contributed by atoms with van der Waals surface area (Å²) in [6.07, 6.45) is 1.89. The van der Waals surface area contributed by atoms with Crippen LogP contribution >= 0.6 is 0 Å². The lowest BCUT2D eigenvalue weighted by atomic mass is 9.77. The molecule has 3 aliphatic carbocycles. The number of alkyl carbamates (subject to hydrolysis) is 1. The number of ether oxygens (including phenoxy) is 2. The van der Waals surface area contributed by atoms with E-state index in [2.05, 4.69) is 26.6 Å². The van der Waals surface area contributed by atoms with Gasteiger partial charge in [0.1, 0.15) is 30.6 Å². The Morgan fingerprint density at radius 1 is 1.00 bits per heavy atom. The monoisotopic (exact) mass is 908 g/mol. The minimum Gasteiger partial charge on any atom is -0.458 e. The van der Waals surface area contributed by atoms with E-state index in [9.17, 15) is 38.7 Å². The molecule has 6 atom stereocenters. The van der Waals surface area contributed by atoms with Crippen LogP contribution in [0.3, 0.4) is 0 Å². The van der Waals surface area contributed by atoms with Crippen LogP contribution in [0.15, 0.2) is 47.6 Å². The molecule has 2 bridgehead atoms. The lowest BCUT2D eigenvalue weighted by Crippen LogP contribution is -2.53. The molecule has 16 nitrogen and oxygen atoms in total. The van der Waals surface area contributed by atoms with E-state index in [4.69, 9.17) is 14.5 Å². The molecule has 3 aromatic rings. The summed E-state index contributed by atoms with van der Waals surface area (Å²) in [4.78, 5) is 96.6. The Morgan fingerprint density at radius 2 is 1.73 bits per heavy atom. The normalized spacial score (nSPS) is 21.9. The lowest BCUT2D eigenvalue weighted by Gasteiger charge is -2.34. The summed E-state index contributed by atoms with van der Waals surface area (Å²) in [6, 6.07) is 5.39. The number of amides is 5. The van der Waals surface area contributed by atoms with Crippen molar-refractivity contribution in [1.29, 1.82) is 0 Å². The van der Waals surface area contributed by atoms with E-state index in [-0.39, 0.29) is 67.1 Å². The Morgan fingerprint density at radius 3 is 2.39 bits per heavy atom. The van der Waals surface area contributed by atoms with E-state index in [1.807, 2.05) is 0 Å². The standard InChI is InChI=1S/C49H57FN6O10/c1-8-39(58)51-21-38(27-12-14-30(15-13-27)54-45(60)25(6)52-46(61)42(23(3)4)53-26(7)57)66-48(63)56-36-17-16-31-24(5)35(50)20-37-40(31)41(36)32-18-29-11-10-28(43(32)55-37)19-34-33(44(29)59)22-65-47(62)49(34,64)9-2/h12-15,19-20,23,25,29,36,38,42,64H,8-11,16-18,21-22H2,1-7H3,(H,51,58)(H,52,61)(H,53,57)(H,54,60)(H,56,63)/b28-19+/t25-,29?,36-,38+,42?,49?/m0/s1. The highest BCUT2D eigenvalue weighted by Crippen LogP contribution is 2.47. The molecule has 7 rings (SSSR count). The first kappa shape index (κ1) is 47.5. The summed E-state index contributed by atoms with van der Waals surface area (Å²) in [7, 11) is 0. The molecular formula is C49H57FN6O10. The van der Waals surface area contributed by atoms with Crippen molar-refractivity contribution in [3.8, 4) is 0 Å². The van der Waals surface area contributed by atoms with E-state index in [1.165, 1.54) is 19.9 Å². The molecule has 2 heterocycles. The second-order valence-electron chi connectivity index (χ2n) is 17.9. The average Bonchev–Trinajstić information content (AvgIpc) is 3.44. The zero-order chi connectivity index (χ0) is 47.8. The van der Waals surface area contributed by atoms with Gasteiger partial charge in [0.25, 0.3) is 0 Å². The highest BCUT2D eigenvalue weighted by Gasteiger charge is 2.48. The van der Waals surface area contributed by atoms with Crippen LogP contribution in [-0.2, 0) is 51.1 Å². The molecule has 66 heavy (non-hydrogen) atoms. The predicted molar refractivity (Wildman–Crippen MR) is 241 cm³/mol. The Labute approximate surface area is 381 Å². The van der Waals surface area contributed by atoms with Crippen molar-refractivity contribution in [2.75, 3.05) is 18.5 Å². The Kier molecular flexibility index (Phi) is 13.8.